The lowest BCUT2D eigenvalue weighted by atomic mass is 10.1. The Kier molecular flexibility index (Phi) is 6.17. The zero-order valence-electron chi connectivity index (χ0n) is 19.8. The van der Waals surface area contributed by atoms with Crippen molar-refractivity contribution in [2.75, 3.05) is 11.5 Å². The molecule has 0 atom stereocenters. The fourth-order valence-electron chi connectivity index (χ4n) is 4.35. The number of aromatic nitrogens is 2. The van der Waals surface area contributed by atoms with Gasteiger partial charge in [-0.3, -0.25) is 13.9 Å². The average Bonchev–Trinajstić information content (AvgIpc) is 3.02. The van der Waals surface area contributed by atoms with E-state index in [9.17, 15) is 40.0 Å². The van der Waals surface area contributed by atoms with Gasteiger partial charge in [0.1, 0.15) is 5.75 Å². The van der Waals surface area contributed by atoms with Crippen LogP contribution in [0.2, 0.25) is 0 Å². The van der Waals surface area contributed by atoms with Gasteiger partial charge in [-0.05, 0) is 51.1 Å². The van der Waals surface area contributed by atoms with Gasteiger partial charge in [-0.15, -0.1) is 0 Å². The molecule has 1 aromatic heterocycles. The number of nitrogens with one attached hydrogen (secondary N) is 1. The number of halogens is 5. The van der Waals surface area contributed by atoms with Gasteiger partial charge in [0.2, 0.25) is 0 Å². The molecule has 1 saturated heterocycles. The number of nitrogens with zero attached hydrogens (tertiary/aromatic N) is 2. The minimum Gasteiger partial charge on any atom is -0.426 e. The molecule has 200 valence electrons. The highest BCUT2D eigenvalue weighted by Gasteiger charge is 2.61. The third kappa shape index (κ3) is 4.93. The predicted octanol–water partition coefficient (Wildman–Crippen LogP) is 3.82. The van der Waals surface area contributed by atoms with Gasteiger partial charge in [-0.2, -0.15) is 22.0 Å². The van der Waals surface area contributed by atoms with E-state index in [1.165, 1.54) is 28.8 Å². The standard InChI is InChI=1S/C23H22F5N3O5S/c1-13(2)30-18-9-14(19(32)29-21(3)11-37(34,35)12-21)7-8-17(18)31(20(30)33)15-5-4-6-16(10-15)36-23(27,28)22(24,25)26/h4-10,13H,11-12H2,1-3H3,(H,29,32). The summed E-state index contributed by atoms with van der Waals surface area (Å²) in [4.78, 5) is 26.1. The second-order valence-electron chi connectivity index (χ2n) is 9.45. The predicted molar refractivity (Wildman–Crippen MR) is 124 cm³/mol. The lowest BCUT2D eigenvalue weighted by Crippen LogP contribution is -2.63. The van der Waals surface area contributed by atoms with Crippen LogP contribution in [0.3, 0.4) is 0 Å². The van der Waals surface area contributed by atoms with Crippen LogP contribution in [0.25, 0.3) is 16.7 Å². The summed E-state index contributed by atoms with van der Waals surface area (Å²) in [6.07, 6.45) is -11.4. The van der Waals surface area contributed by atoms with Gasteiger partial charge < -0.3 is 10.1 Å². The minimum absolute atomic E-state index is 0.0331. The lowest BCUT2D eigenvalue weighted by Gasteiger charge is -2.38. The van der Waals surface area contributed by atoms with Crippen LogP contribution < -0.4 is 15.7 Å². The Bertz CT molecular complexity index is 1540. The number of fused-ring (bicyclic) bond motifs is 1. The Hall–Kier alpha value is -3.42. The number of imidazole rings is 1. The van der Waals surface area contributed by atoms with Crippen molar-refractivity contribution in [3.63, 3.8) is 0 Å². The highest BCUT2D eigenvalue weighted by Crippen LogP contribution is 2.37. The molecule has 1 fully saturated rings. The Balaban J connectivity index is 1.76. The number of alkyl halides is 5. The van der Waals surface area contributed by atoms with Crippen molar-refractivity contribution in [3.05, 3.63) is 58.5 Å². The number of sulfone groups is 1. The van der Waals surface area contributed by atoms with Gasteiger partial charge in [0, 0.05) is 17.7 Å². The molecule has 2 heterocycles. The molecule has 37 heavy (non-hydrogen) atoms. The molecule has 0 unspecified atom stereocenters. The van der Waals surface area contributed by atoms with Crippen molar-refractivity contribution in [2.45, 2.75) is 44.6 Å². The summed E-state index contributed by atoms with van der Waals surface area (Å²) in [6.45, 7) is 4.99. The second kappa shape index (κ2) is 8.57. The van der Waals surface area contributed by atoms with E-state index in [1.807, 2.05) is 0 Å². The zero-order valence-corrected chi connectivity index (χ0v) is 20.6. The first-order chi connectivity index (χ1) is 16.9. The van der Waals surface area contributed by atoms with E-state index in [4.69, 9.17) is 0 Å². The smallest absolute Gasteiger partial charge is 0.426 e. The molecule has 3 aromatic rings. The van der Waals surface area contributed by atoms with Gasteiger partial charge in [0.15, 0.2) is 9.84 Å². The molecule has 4 rings (SSSR count). The van der Waals surface area contributed by atoms with Crippen LogP contribution >= 0.6 is 0 Å². The summed E-state index contributed by atoms with van der Waals surface area (Å²) in [6, 6.07) is 8.12. The van der Waals surface area contributed by atoms with Crippen LogP contribution in [0.1, 0.15) is 37.2 Å². The van der Waals surface area contributed by atoms with Crippen molar-refractivity contribution in [3.8, 4) is 11.4 Å². The van der Waals surface area contributed by atoms with E-state index < -0.39 is 51.0 Å². The Labute approximate surface area is 207 Å². The maximum atomic E-state index is 13.4. The van der Waals surface area contributed by atoms with Crippen LogP contribution in [-0.4, -0.2) is 52.8 Å². The second-order valence-corrected chi connectivity index (χ2v) is 11.5. The van der Waals surface area contributed by atoms with E-state index in [0.717, 1.165) is 22.8 Å². The summed E-state index contributed by atoms with van der Waals surface area (Å²) in [5.74, 6) is -1.77. The SMILES string of the molecule is CC(C)n1c(=O)n(-c2cccc(OC(F)(F)C(F)(F)F)c2)c2ccc(C(=O)NC3(C)CS(=O)(=O)C3)cc21. The molecule has 0 saturated carbocycles. The molecule has 0 spiro atoms. The highest BCUT2D eigenvalue weighted by atomic mass is 32.2. The van der Waals surface area contributed by atoms with E-state index in [1.54, 1.807) is 20.8 Å². The van der Waals surface area contributed by atoms with Crippen molar-refractivity contribution in [1.82, 2.24) is 14.5 Å². The van der Waals surface area contributed by atoms with Gasteiger partial charge in [-0.25, -0.2) is 13.2 Å². The number of carbonyl (C=O) groups excluding carboxylic acids is 1. The minimum atomic E-state index is -5.94. The Morgan fingerprint density at radius 2 is 1.70 bits per heavy atom. The third-order valence-corrected chi connectivity index (χ3v) is 7.95. The number of carbonyl (C=O) groups is 1. The van der Waals surface area contributed by atoms with Gasteiger partial charge >= 0.3 is 18.0 Å². The van der Waals surface area contributed by atoms with E-state index in [-0.39, 0.29) is 28.3 Å². The van der Waals surface area contributed by atoms with Crippen molar-refractivity contribution in [1.29, 1.82) is 0 Å². The maximum absolute atomic E-state index is 13.4. The number of ether oxygens (including phenoxy) is 1. The molecule has 2 aromatic carbocycles. The molecule has 1 amide bonds. The number of hydrogen-bond donors (Lipinski definition) is 1. The molecular formula is C23H22F5N3O5S. The normalized spacial score (nSPS) is 17.0. The first-order valence-electron chi connectivity index (χ1n) is 11.0. The van der Waals surface area contributed by atoms with Crippen LogP contribution in [0.15, 0.2) is 47.3 Å². The molecule has 1 aliphatic heterocycles. The quantitative estimate of drug-likeness (QED) is 0.473. The maximum Gasteiger partial charge on any atom is 0.499 e. The first-order valence-corrected chi connectivity index (χ1v) is 12.8. The largest absolute Gasteiger partial charge is 0.499 e. The average molecular weight is 548 g/mol. The van der Waals surface area contributed by atoms with Crippen LogP contribution in [0.4, 0.5) is 22.0 Å². The molecule has 8 nitrogen and oxygen atoms in total. The summed E-state index contributed by atoms with van der Waals surface area (Å²) >= 11 is 0. The molecular weight excluding hydrogens is 525 g/mol. The number of rotatable bonds is 6. The third-order valence-electron chi connectivity index (χ3n) is 5.80. The van der Waals surface area contributed by atoms with Crippen LogP contribution in [-0.2, 0) is 9.84 Å². The summed E-state index contributed by atoms with van der Waals surface area (Å²) < 4.78 is 94.0. The summed E-state index contributed by atoms with van der Waals surface area (Å²) in [5, 5.41) is 2.68. The topological polar surface area (TPSA) is 99.4 Å². The highest BCUT2D eigenvalue weighted by molar-refractivity contribution is 7.93. The number of amides is 1. The molecule has 0 aliphatic carbocycles. The first kappa shape index (κ1) is 26.6. The fraction of sp³-hybridized carbons (Fsp3) is 0.391. The monoisotopic (exact) mass is 547 g/mol. The number of hydrogen-bond acceptors (Lipinski definition) is 5. The van der Waals surface area contributed by atoms with Crippen LogP contribution in [0, 0.1) is 0 Å². The summed E-state index contributed by atoms with van der Waals surface area (Å²) in [7, 11) is -3.21. The zero-order chi connectivity index (χ0) is 27.6. The lowest BCUT2D eigenvalue weighted by molar-refractivity contribution is -0.360. The van der Waals surface area contributed by atoms with Gasteiger partial charge in [-0.1, -0.05) is 6.07 Å². The van der Waals surface area contributed by atoms with Gasteiger partial charge in [0.05, 0.1) is 33.8 Å². The molecule has 14 heteroatoms. The van der Waals surface area contributed by atoms with Crippen molar-refractivity contribution < 1.29 is 39.9 Å². The van der Waals surface area contributed by atoms with E-state index in [0.29, 0.717) is 5.52 Å². The van der Waals surface area contributed by atoms with Crippen molar-refractivity contribution >= 4 is 26.8 Å². The Morgan fingerprint density at radius 3 is 2.27 bits per heavy atom. The molecule has 0 radical (unpaired) electrons. The molecule has 0 bridgehead atoms. The van der Waals surface area contributed by atoms with Gasteiger partial charge in [0.25, 0.3) is 5.91 Å². The fourth-order valence-corrected chi connectivity index (χ4v) is 6.35. The molecule has 1 N–H and O–H groups in total. The number of benzene rings is 2. The van der Waals surface area contributed by atoms with Crippen molar-refractivity contribution in [2.24, 2.45) is 0 Å². The van der Waals surface area contributed by atoms with E-state index >= 15 is 0 Å². The van der Waals surface area contributed by atoms with E-state index in [2.05, 4.69) is 10.1 Å². The Morgan fingerprint density at radius 1 is 1.05 bits per heavy atom. The molecule has 1 aliphatic rings. The van der Waals surface area contributed by atoms with Crippen LogP contribution in [0.5, 0.6) is 5.75 Å². The summed E-state index contributed by atoms with van der Waals surface area (Å²) in [5.41, 5.74) is -0.883.